The molecule has 1 unspecified atom stereocenters. The summed E-state index contributed by atoms with van der Waals surface area (Å²) in [6.45, 7) is 0.481. The van der Waals surface area contributed by atoms with Crippen LogP contribution in [0.5, 0.6) is 0 Å². The molecule has 3 amide bonds. The zero-order valence-electron chi connectivity index (χ0n) is 11.0. The molecule has 0 aliphatic carbocycles. The zero-order valence-corrected chi connectivity index (χ0v) is 11.0. The molecule has 1 fully saturated rings. The molecule has 1 atom stereocenters. The summed E-state index contributed by atoms with van der Waals surface area (Å²) in [5, 5.41) is 3.00. The Hall–Kier alpha value is -2.21. The topological polar surface area (TPSA) is 92.5 Å². The Labute approximate surface area is 116 Å². The van der Waals surface area contributed by atoms with Crippen molar-refractivity contribution in [3.05, 3.63) is 30.3 Å². The minimum Gasteiger partial charge on any atom is -0.370 e. The van der Waals surface area contributed by atoms with Gasteiger partial charge >= 0.3 is 0 Å². The number of nitrogens with zero attached hydrogens (tertiary/aromatic N) is 1. The molecule has 1 saturated heterocycles. The molecule has 6 heteroatoms. The quantitative estimate of drug-likeness (QED) is 0.572. The molecule has 1 heterocycles. The first-order chi connectivity index (χ1) is 9.59. The number of benzene rings is 1. The number of para-hydroxylation sites is 1. The highest BCUT2D eigenvalue weighted by atomic mass is 16.2. The highest BCUT2D eigenvalue weighted by Crippen LogP contribution is 2.22. The highest BCUT2D eigenvalue weighted by molar-refractivity contribution is 6.22. The molecule has 106 valence electrons. The van der Waals surface area contributed by atoms with Crippen LogP contribution in [0.2, 0.25) is 0 Å². The highest BCUT2D eigenvalue weighted by Gasteiger charge is 2.38. The van der Waals surface area contributed by atoms with Gasteiger partial charge in [-0.15, -0.1) is 0 Å². The van der Waals surface area contributed by atoms with Gasteiger partial charge in [0, 0.05) is 6.42 Å². The molecule has 1 aliphatic rings. The van der Waals surface area contributed by atoms with E-state index in [0.29, 0.717) is 18.7 Å². The third-order valence-electron chi connectivity index (χ3n) is 3.15. The molecule has 1 aliphatic heterocycles. The number of rotatable bonds is 6. The lowest BCUT2D eigenvalue weighted by Crippen LogP contribution is -2.39. The lowest BCUT2D eigenvalue weighted by atomic mass is 10.2. The number of carbonyl (C=O) groups excluding carboxylic acids is 3. The molecule has 3 N–H and O–H groups in total. The van der Waals surface area contributed by atoms with Gasteiger partial charge in [-0.25, -0.2) is 4.90 Å². The van der Waals surface area contributed by atoms with Gasteiger partial charge in [-0.1, -0.05) is 18.2 Å². The van der Waals surface area contributed by atoms with Gasteiger partial charge in [0.2, 0.25) is 11.8 Å². The van der Waals surface area contributed by atoms with E-state index in [2.05, 4.69) is 5.32 Å². The minimum absolute atomic E-state index is 0.143. The van der Waals surface area contributed by atoms with Crippen molar-refractivity contribution in [1.82, 2.24) is 5.32 Å². The van der Waals surface area contributed by atoms with E-state index >= 15 is 0 Å². The van der Waals surface area contributed by atoms with E-state index in [4.69, 9.17) is 5.73 Å². The van der Waals surface area contributed by atoms with Crippen molar-refractivity contribution < 1.29 is 14.4 Å². The molecule has 0 bridgehead atoms. The summed E-state index contributed by atoms with van der Waals surface area (Å²) in [6, 6.07) is 8.33. The molecule has 6 nitrogen and oxygen atoms in total. The molecular weight excluding hydrogens is 258 g/mol. The van der Waals surface area contributed by atoms with Crippen LogP contribution in [0.3, 0.4) is 0 Å². The molecule has 0 aromatic heterocycles. The van der Waals surface area contributed by atoms with Crippen LogP contribution in [0.15, 0.2) is 30.3 Å². The molecule has 0 radical (unpaired) electrons. The van der Waals surface area contributed by atoms with Crippen molar-refractivity contribution >= 4 is 23.4 Å². The van der Waals surface area contributed by atoms with Gasteiger partial charge in [0.15, 0.2) is 0 Å². The number of hydrogen-bond acceptors (Lipinski definition) is 4. The Kier molecular flexibility index (Phi) is 4.47. The van der Waals surface area contributed by atoms with Crippen molar-refractivity contribution in [3.8, 4) is 0 Å². The third-order valence-corrected chi connectivity index (χ3v) is 3.15. The summed E-state index contributed by atoms with van der Waals surface area (Å²) >= 11 is 0. The fraction of sp³-hybridized carbons (Fsp3) is 0.357. The number of anilines is 1. The van der Waals surface area contributed by atoms with Crippen molar-refractivity contribution in [3.63, 3.8) is 0 Å². The monoisotopic (exact) mass is 275 g/mol. The van der Waals surface area contributed by atoms with E-state index in [9.17, 15) is 14.4 Å². The standard InChI is InChI=1S/C14H17N3O3/c15-12(18)7-4-8-16-11-9-13(19)17(14(11)20)10-5-2-1-3-6-10/h1-3,5-6,11,16H,4,7-9H2,(H2,15,18). The largest absolute Gasteiger partial charge is 0.370 e. The van der Waals surface area contributed by atoms with Crippen LogP contribution in [0.4, 0.5) is 5.69 Å². The van der Waals surface area contributed by atoms with Gasteiger partial charge in [0.25, 0.3) is 5.91 Å². The van der Waals surface area contributed by atoms with E-state index < -0.39 is 6.04 Å². The normalized spacial score (nSPS) is 18.6. The first kappa shape index (κ1) is 14.2. The third kappa shape index (κ3) is 3.21. The Balaban J connectivity index is 1.94. The number of amides is 3. The van der Waals surface area contributed by atoms with Crippen molar-refractivity contribution in [2.45, 2.75) is 25.3 Å². The van der Waals surface area contributed by atoms with Crippen molar-refractivity contribution in [1.29, 1.82) is 0 Å². The van der Waals surface area contributed by atoms with Crippen LogP contribution in [-0.2, 0) is 14.4 Å². The van der Waals surface area contributed by atoms with Gasteiger partial charge in [-0.05, 0) is 25.1 Å². The molecule has 1 aromatic rings. The smallest absolute Gasteiger partial charge is 0.251 e. The summed E-state index contributed by atoms with van der Waals surface area (Å²) < 4.78 is 0. The molecule has 0 spiro atoms. The maximum absolute atomic E-state index is 12.2. The van der Waals surface area contributed by atoms with Gasteiger partial charge < -0.3 is 11.1 Å². The Morgan fingerprint density at radius 1 is 1.30 bits per heavy atom. The van der Waals surface area contributed by atoms with Crippen molar-refractivity contribution in [2.24, 2.45) is 5.73 Å². The predicted molar refractivity (Wildman–Crippen MR) is 73.8 cm³/mol. The molecule has 0 saturated carbocycles. The van der Waals surface area contributed by atoms with E-state index in [1.54, 1.807) is 24.3 Å². The number of carbonyl (C=O) groups is 3. The van der Waals surface area contributed by atoms with Crippen LogP contribution < -0.4 is 16.0 Å². The van der Waals surface area contributed by atoms with E-state index in [0.717, 1.165) is 0 Å². The summed E-state index contributed by atoms with van der Waals surface area (Å²) in [5.41, 5.74) is 5.63. The van der Waals surface area contributed by atoms with E-state index in [1.807, 2.05) is 6.07 Å². The van der Waals surface area contributed by atoms with Crippen LogP contribution in [0, 0.1) is 0 Å². The Bertz CT molecular complexity index is 516. The second-order valence-corrected chi connectivity index (χ2v) is 4.68. The summed E-state index contributed by atoms with van der Waals surface area (Å²) in [5.74, 6) is -0.833. The molecular formula is C14H17N3O3. The Morgan fingerprint density at radius 3 is 2.65 bits per heavy atom. The number of hydrogen-bond donors (Lipinski definition) is 2. The lowest BCUT2D eigenvalue weighted by Gasteiger charge is -2.15. The fourth-order valence-corrected chi connectivity index (χ4v) is 2.18. The van der Waals surface area contributed by atoms with E-state index in [-0.39, 0.29) is 30.6 Å². The number of primary amides is 1. The van der Waals surface area contributed by atoms with Crippen LogP contribution in [0.1, 0.15) is 19.3 Å². The number of imide groups is 1. The molecule has 1 aromatic carbocycles. The molecule has 2 rings (SSSR count). The first-order valence-electron chi connectivity index (χ1n) is 6.53. The zero-order chi connectivity index (χ0) is 14.5. The van der Waals surface area contributed by atoms with Gasteiger partial charge in [0.05, 0.1) is 18.2 Å². The van der Waals surface area contributed by atoms with Gasteiger partial charge in [-0.3, -0.25) is 14.4 Å². The van der Waals surface area contributed by atoms with E-state index in [1.165, 1.54) is 4.90 Å². The number of nitrogens with two attached hydrogens (primary N) is 1. The maximum atomic E-state index is 12.2. The SMILES string of the molecule is NC(=O)CCCNC1CC(=O)N(c2ccccc2)C1=O. The second-order valence-electron chi connectivity index (χ2n) is 4.68. The maximum Gasteiger partial charge on any atom is 0.251 e. The van der Waals surface area contributed by atoms with Crippen LogP contribution in [-0.4, -0.2) is 30.3 Å². The second kappa shape index (κ2) is 6.29. The summed E-state index contributed by atoms with van der Waals surface area (Å²) in [6.07, 6.45) is 0.965. The van der Waals surface area contributed by atoms with Crippen LogP contribution >= 0.6 is 0 Å². The Morgan fingerprint density at radius 2 is 2.00 bits per heavy atom. The summed E-state index contributed by atoms with van der Waals surface area (Å²) in [4.78, 5) is 35.9. The van der Waals surface area contributed by atoms with Crippen LogP contribution in [0.25, 0.3) is 0 Å². The van der Waals surface area contributed by atoms with Gasteiger partial charge in [-0.2, -0.15) is 0 Å². The van der Waals surface area contributed by atoms with Crippen molar-refractivity contribution in [2.75, 3.05) is 11.4 Å². The first-order valence-corrected chi connectivity index (χ1v) is 6.53. The van der Waals surface area contributed by atoms with Gasteiger partial charge in [0.1, 0.15) is 0 Å². The predicted octanol–water partition coefficient (Wildman–Crippen LogP) is 0.174. The average Bonchev–Trinajstić information content (AvgIpc) is 2.70. The lowest BCUT2D eigenvalue weighted by molar-refractivity contribution is -0.121. The molecule has 20 heavy (non-hydrogen) atoms. The fourth-order valence-electron chi connectivity index (χ4n) is 2.18. The average molecular weight is 275 g/mol. The summed E-state index contributed by atoms with van der Waals surface area (Å²) in [7, 11) is 0. The number of nitrogens with one attached hydrogen (secondary N) is 1. The minimum atomic E-state index is -0.518.